The normalized spacial score (nSPS) is 21.2. The predicted octanol–water partition coefficient (Wildman–Crippen LogP) is 3.01. The third-order valence-electron chi connectivity index (χ3n) is 3.96. The summed E-state index contributed by atoms with van der Waals surface area (Å²) in [5.41, 5.74) is 0.919. The van der Waals surface area contributed by atoms with E-state index in [4.69, 9.17) is 11.6 Å². The van der Waals surface area contributed by atoms with Crippen molar-refractivity contribution in [2.75, 3.05) is 13.6 Å². The van der Waals surface area contributed by atoms with Gasteiger partial charge in [0, 0.05) is 19.1 Å². The van der Waals surface area contributed by atoms with Crippen LogP contribution in [0.4, 0.5) is 0 Å². The molecule has 4 nitrogen and oxygen atoms in total. The van der Waals surface area contributed by atoms with E-state index in [9.17, 15) is 8.42 Å². The lowest BCUT2D eigenvalue weighted by atomic mass is 10.1. The zero-order valence-electron chi connectivity index (χ0n) is 12.6. The van der Waals surface area contributed by atoms with Crippen LogP contribution in [0, 0.1) is 0 Å². The van der Waals surface area contributed by atoms with Gasteiger partial charge in [0.1, 0.15) is 4.90 Å². The third kappa shape index (κ3) is 3.77. The lowest BCUT2D eigenvalue weighted by molar-refractivity contribution is 0.342. The van der Waals surface area contributed by atoms with Crippen LogP contribution in [0.25, 0.3) is 0 Å². The Morgan fingerprint density at radius 3 is 2.81 bits per heavy atom. The van der Waals surface area contributed by atoms with Crippen LogP contribution in [-0.2, 0) is 16.6 Å². The maximum atomic E-state index is 12.9. The highest BCUT2D eigenvalue weighted by Crippen LogP contribution is 2.29. The minimum atomic E-state index is -3.53. The van der Waals surface area contributed by atoms with Crippen molar-refractivity contribution in [2.24, 2.45) is 0 Å². The lowest BCUT2D eigenvalue weighted by Gasteiger charge is -2.26. The molecule has 21 heavy (non-hydrogen) atoms. The van der Waals surface area contributed by atoms with Crippen molar-refractivity contribution < 1.29 is 8.42 Å². The average Bonchev–Trinajstić information content (AvgIpc) is 2.66. The van der Waals surface area contributed by atoms with Crippen LogP contribution in [0.5, 0.6) is 0 Å². The van der Waals surface area contributed by atoms with Crippen molar-refractivity contribution in [3.8, 4) is 0 Å². The molecule has 1 N–H and O–H groups in total. The van der Waals surface area contributed by atoms with Crippen molar-refractivity contribution in [1.29, 1.82) is 0 Å². The number of rotatable bonds is 4. The summed E-state index contributed by atoms with van der Waals surface area (Å²) in [4.78, 5) is 0.227. The second kappa shape index (κ2) is 7.09. The summed E-state index contributed by atoms with van der Waals surface area (Å²) in [5.74, 6) is 0. The molecule has 0 aliphatic carbocycles. The van der Waals surface area contributed by atoms with Crippen LogP contribution in [0.2, 0.25) is 5.02 Å². The summed E-state index contributed by atoms with van der Waals surface area (Å²) in [7, 11) is -1.70. The number of hydrogen-bond donors (Lipinski definition) is 1. The average molecular weight is 331 g/mol. The van der Waals surface area contributed by atoms with Gasteiger partial charge in [0.2, 0.25) is 10.0 Å². The molecular weight excluding hydrogens is 308 g/mol. The molecule has 1 aromatic carbocycles. The highest BCUT2D eigenvalue weighted by atomic mass is 35.5. The van der Waals surface area contributed by atoms with Crippen LogP contribution >= 0.6 is 11.6 Å². The number of benzene rings is 1. The number of nitrogens with zero attached hydrogens (tertiary/aromatic N) is 1. The second-order valence-corrected chi connectivity index (χ2v) is 7.88. The van der Waals surface area contributed by atoms with E-state index in [0.29, 0.717) is 18.1 Å². The van der Waals surface area contributed by atoms with E-state index >= 15 is 0 Å². The summed E-state index contributed by atoms with van der Waals surface area (Å²) >= 11 is 6.16. The van der Waals surface area contributed by atoms with Gasteiger partial charge >= 0.3 is 0 Å². The lowest BCUT2D eigenvalue weighted by Crippen LogP contribution is -2.38. The number of sulfonamides is 1. The molecule has 0 bridgehead atoms. The van der Waals surface area contributed by atoms with Gasteiger partial charge in [-0.25, -0.2) is 8.42 Å². The smallest absolute Gasteiger partial charge is 0.244 e. The molecule has 1 aromatic rings. The van der Waals surface area contributed by atoms with E-state index < -0.39 is 10.0 Å². The van der Waals surface area contributed by atoms with Crippen LogP contribution in [-0.4, -0.2) is 32.4 Å². The van der Waals surface area contributed by atoms with Crippen LogP contribution in [0.15, 0.2) is 23.1 Å². The molecule has 0 radical (unpaired) electrons. The Morgan fingerprint density at radius 1 is 1.33 bits per heavy atom. The van der Waals surface area contributed by atoms with Crippen LogP contribution in [0.3, 0.4) is 0 Å². The maximum absolute atomic E-state index is 12.9. The Kier molecular flexibility index (Phi) is 5.66. The Hall–Kier alpha value is -0.620. The van der Waals surface area contributed by atoms with Gasteiger partial charge in [-0.1, -0.05) is 30.5 Å². The molecule has 1 saturated heterocycles. The summed E-state index contributed by atoms with van der Waals surface area (Å²) in [5, 5.41) is 3.33. The Labute approximate surface area is 132 Å². The Morgan fingerprint density at radius 2 is 2.10 bits per heavy atom. The van der Waals surface area contributed by atoms with Crippen molar-refractivity contribution >= 4 is 21.6 Å². The highest BCUT2D eigenvalue weighted by Gasteiger charge is 2.31. The molecule has 6 heteroatoms. The SMILES string of the molecule is CNCc1ccc(Cl)c(S(=O)(=O)N2CCCCCC2C)c1. The van der Waals surface area contributed by atoms with Gasteiger partial charge in [0.25, 0.3) is 0 Å². The molecule has 0 aromatic heterocycles. The molecular formula is C15H23ClN2O2S. The molecule has 1 aliphatic rings. The summed E-state index contributed by atoms with van der Waals surface area (Å²) in [6.45, 7) is 3.18. The first kappa shape index (κ1) is 16.7. The summed E-state index contributed by atoms with van der Waals surface area (Å²) in [6, 6.07) is 5.24. The molecule has 1 fully saturated rings. The minimum Gasteiger partial charge on any atom is -0.316 e. The fourth-order valence-corrected chi connectivity index (χ4v) is 5.02. The topological polar surface area (TPSA) is 49.4 Å². The fourth-order valence-electron chi connectivity index (χ4n) is 2.79. The maximum Gasteiger partial charge on any atom is 0.244 e. The van der Waals surface area contributed by atoms with Gasteiger partial charge in [-0.05, 0) is 44.5 Å². The van der Waals surface area contributed by atoms with E-state index in [2.05, 4.69) is 5.32 Å². The van der Waals surface area contributed by atoms with Gasteiger partial charge in [0.15, 0.2) is 0 Å². The van der Waals surface area contributed by atoms with Crippen LogP contribution in [0.1, 0.15) is 38.2 Å². The van der Waals surface area contributed by atoms with Crippen molar-refractivity contribution in [1.82, 2.24) is 9.62 Å². The minimum absolute atomic E-state index is 0.0292. The fraction of sp³-hybridized carbons (Fsp3) is 0.600. The van der Waals surface area contributed by atoms with Gasteiger partial charge in [-0.2, -0.15) is 4.31 Å². The summed E-state index contributed by atoms with van der Waals surface area (Å²) < 4.78 is 27.5. The van der Waals surface area contributed by atoms with E-state index in [1.807, 2.05) is 20.0 Å². The predicted molar refractivity (Wildman–Crippen MR) is 86.0 cm³/mol. The van der Waals surface area contributed by atoms with Gasteiger partial charge in [-0.15, -0.1) is 0 Å². The first-order chi connectivity index (χ1) is 9.96. The first-order valence-electron chi connectivity index (χ1n) is 7.41. The quantitative estimate of drug-likeness (QED) is 0.923. The molecule has 2 rings (SSSR count). The number of halogens is 1. The van der Waals surface area contributed by atoms with Crippen molar-refractivity contribution in [2.45, 2.75) is 50.1 Å². The van der Waals surface area contributed by atoms with Gasteiger partial charge in [-0.3, -0.25) is 0 Å². The second-order valence-electron chi connectivity index (χ2n) is 5.61. The largest absolute Gasteiger partial charge is 0.316 e. The molecule has 0 spiro atoms. The first-order valence-corrected chi connectivity index (χ1v) is 9.23. The van der Waals surface area contributed by atoms with E-state index in [-0.39, 0.29) is 10.9 Å². The van der Waals surface area contributed by atoms with Crippen molar-refractivity contribution in [3.05, 3.63) is 28.8 Å². The highest BCUT2D eigenvalue weighted by molar-refractivity contribution is 7.89. The van der Waals surface area contributed by atoms with E-state index in [1.165, 1.54) is 0 Å². The molecule has 1 heterocycles. The Balaban J connectivity index is 2.40. The monoisotopic (exact) mass is 330 g/mol. The molecule has 118 valence electrons. The van der Waals surface area contributed by atoms with E-state index in [0.717, 1.165) is 31.2 Å². The molecule has 1 atom stereocenters. The van der Waals surface area contributed by atoms with Crippen LogP contribution < -0.4 is 5.32 Å². The molecule has 0 saturated carbocycles. The number of hydrogen-bond acceptors (Lipinski definition) is 3. The zero-order valence-corrected chi connectivity index (χ0v) is 14.2. The Bertz CT molecular complexity index is 589. The zero-order chi connectivity index (χ0) is 15.5. The summed E-state index contributed by atoms with van der Waals surface area (Å²) in [6.07, 6.45) is 4.00. The third-order valence-corrected chi connectivity index (χ3v) is 6.45. The van der Waals surface area contributed by atoms with Gasteiger partial charge in [0.05, 0.1) is 5.02 Å². The van der Waals surface area contributed by atoms with Crippen molar-refractivity contribution in [3.63, 3.8) is 0 Å². The molecule has 1 aliphatic heterocycles. The molecule has 0 amide bonds. The van der Waals surface area contributed by atoms with Gasteiger partial charge < -0.3 is 5.32 Å². The standard InChI is InChI=1S/C15H23ClN2O2S/c1-12-6-4-3-5-9-18(12)21(19,20)15-10-13(11-17-2)7-8-14(15)16/h7-8,10,12,17H,3-6,9,11H2,1-2H3. The van der Waals surface area contributed by atoms with E-state index in [1.54, 1.807) is 16.4 Å². The molecule has 1 unspecified atom stereocenters. The number of nitrogens with one attached hydrogen (secondary N) is 1.